The van der Waals surface area contributed by atoms with Gasteiger partial charge in [0.2, 0.25) is 0 Å². The lowest BCUT2D eigenvalue weighted by molar-refractivity contribution is 0.0951. The van der Waals surface area contributed by atoms with E-state index in [9.17, 15) is 4.79 Å². The molecule has 2 aromatic carbocycles. The van der Waals surface area contributed by atoms with Gasteiger partial charge in [0.1, 0.15) is 16.8 Å². The molecule has 0 bridgehead atoms. The van der Waals surface area contributed by atoms with E-state index in [1.54, 1.807) is 25.3 Å². The molecule has 3 aromatic rings. The topological polar surface area (TPSA) is 79.9 Å². The van der Waals surface area contributed by atoms with E-state index >= 15 is 0 Å². The summed E-state index contributed by atoms with van der Waals surface area (Å²) >= 11 is 0. The first kappa shape index (κ1) is 13.1. The molecule has 1 aromatic heterocycles. The molecule has 0 aliphatic rings. The zero-order chi connectivity index (χ0) is 14.7. The van der Waals surface area contributed by atoms with Crippen molar-refractivity contribution >= 4 is 16.9 Å². The van der Waals surface area contributed by atoms with Gasteiger partial charge in [-0.2, -0.15) is 15.4 Å². The third-order valence-corrected chi connectivity index (χ3v) is 3.19. The molecule has 0 fully saturated rings. The number of carbonyl (C=O) groups is 1. The van der Waals surface area contributed by atoms with E-state index in [0.29, 0.717) is 17.6 Å². The number of nitrogens with zero attached hydrogens (tertiary/aromatic N) is 2. The van der Waals surface area contributed by atoms with Crippen molar-refractivity contribution < 1.29 is 9.53 Å². The van der Waals surface area contributed by atoms with Crippen molar-refractivity contribution in [2.75, 3.05) is 7.11 Å². The van der Waals surface area contributed by atoms with Crippen LogP contribution in [0.4, 0.5) is 0 Å². The van der Waals surface area contributed by atoms with Gasteiger partial charge in [-0.3, -0.25) is 4.79 Å². The van der Waals surface area contributed by atoms with Crippen molar-refractivity contribution in [3.63, 3.8) is 0 Å². The van der Waals surface area contributed by atoms with E-state index in [1.807, 2.05) is 24.3 Å². The predicted octanol–water partition coefficient (Wildman–Crippen LogP) is 1.90. The van der Waals surface area contributed by atoms with E-state index in [0.717, 1.165) is 16.8 Å². The molecule has 0 aliphatic heterocycles. The van der Waals surface area contributed by atoms with Crippen LogP contribution in [0.15, 0.2) is 42.5 Å². The number of H-pyrrole nitrogens is 1. The molecule has 0 spiro atoms. The van der Waals surface area contributed by atoms with Gasteiger partial charge in [-0.15, -0.1) is 0 Å². The van der Waals surface area contributed by atoms with Gasteiger partial charge in [-0.25, -0.2) is 0 Å². The third-order valence-electron chi connectivity index (χ3n) is 3.19. The minimum Gasteiger partial charge on any atom is -0.497 e. The number of methoxy groups -OCH3 is 1. The number of ether oxygens (including phenoxy) is 1. The summed E-state index contributed by atoms with van der Waals surface area (Å²) in [6, 6.07) is 12.8. The SMILES string of the molecule is COc1ccc(CNC(=O)c2ccc3n[nH]nc3c2)cc1. The molecule has 0 radical (unpaired) electrons. The van der Waals surface area contributed by atoms with Crippen LogP contribution in [-0.4, -0.2) is 28.4 Å². The van der Waals surface area contributed by atoms with Crippen LogP contribution >= 0.6 is 0 Å². The van der Waals surface area contributed by atoms with Crippen LogP contribution < -0.4 is 10.1 Å². The van der Waals surface area contributed by atoms with Crippen LogP contribution in [0.1, 0.15) is 15.9 Å². The first-order valence-electron chi connectivity index (χ1n) is 6.48. The van der Waals surface area contributed by atoms with Crippen LogP contribution in [0.25, 0.3) is 11.0 Å². The van der Waals surface area contributed by atoms with Gasteiger partial charge in [-0.1, -0.05) is 12.1 Å². The average molecular weight is 282 g/mol. The third kappa shape index (κ3) is 2.84. The second-order valence-corrected chi connectivity index (χ2v) is 4.56. The van der Waals surface area contributed by atoms with Crippen molar-refractivity contribution in [2.24, 2.45) is 0 Å². The number of aromatic amines is 1. The summed E-state index contributed by atoms with van der Waals surface area (Å²) in [6.07, 6.45) is 0. The predicted molar refractivity (Wildman–Crippen MR) is 78.1 cm³/mol. The Labute approximate surface area is 121 Å². The quantitative estimate of drug-likeness (QED) is 0.766. The zero-order valence-electron chi connectivity index (χ0n) is 11.5. The maximum atomic E-state index is 12.1. The van der Waals surface area contributed by atoms with Crippen LogP contribution in [0.3, 0.4) is 0 Å². The van der Waals surface area contributed by atoms with Crippen LogP contribution in [0.5, 0.6) is 5.75 Å². The molecular formula is C15H14N4O2. The van der Waals surface area contributed by atoms with Crippen LogP contribution in [0, 0.1) is 0 Å². The van der Waals surface area contributed by atoms with Crippen molar-refractivity contribution in [2.45, 2.75) is 6.54 Å². The van der Waals surface area contributed by atoms with E-state index < -0.39 is 0 Å². The zero-order valence-corrected chi connectivity index (χ0v) is 11.5. The highest BCUT2D eigenvalue weighted by atomic mass is 16.5. The van der Waals surface area contributed by atoms with Crippen molar-refractivity contribution in [3.8, 4) is 5.75 Å². The number of hydrogen-bond donors (Lipinski definition) is 2. The summed E-state index contributed by atoms with van der Waals surface area (Å²) in [4.78, 5) is 12.1. The van der Waals surface area contributed by atoms with Gasteiger partial charge < -0.3 is 10.1 Å². The van der Waals surface area contributed by atoms with Crippen molar-refractivity contribution in [1.82, 2.24) is 20.7 Å². The lowest BCUT2D eigenvalue weighted by Crippen LogP contribution is -2.22. The minimum atomic E-state index is -0.143. The van der Waals surface area contributed by atoms with Crippen LogP contribution in [0.2, 0.25) is 0 Å². The number of hydrogen-bond acceptors (Lipinski definition) is 4. The molecule has 1 amide bonds. The number of rotatable bonds is 4. The summed E-state index contributed by atoms with van der Waals surface area (Å²) < 4.78 is 5.09. The summed E-state index contributed by atoms with van der Waals surface area (Å²) in [5.41, 5.74) is 2.98. The lowest BCUT2D eigenvalue weighted by Gasteiger charge is -2.06. The van der Waals surface area contributed by atoms with E-state index in [1.165, 1.54) is 0 Å². The van der Waals surface area contributed by atoms with Gasteiger partial charge in [0, 0.05) is 12.1 Å². The molecule has 6 nitrogen and oxygen atoms in total. The molecule has 6 heteroatoms. The Morgan fingerprint density at radius 2 is 1.90 bits per heavy atom. The number of nitrogens with one attached hydrogen (secondary N) is 2. The largest absolute Gasteiger partial charge is 0.497 e. The summed E-state index contributed by atoms with van der Waals surface area (Å²) in [5.74, 6) is 0.650. The Kier molecular flexibility index (Phi) is 3.51. The second kappa shape index (κ2) is 5.62. The molecule has 1 heterocycles. The van der Waals surface area contributed by atoms with Gasteiger partial charge in [-0.05, 0) is 35.9 Å². The lowest BCUT2D eigenvalue weighted by atomic mass is 10.1. The first-order chi connectivity index (χ1) is 10.3. The fourth-order valence-electron chi connectivity index (χ4n) is 2.01. The Balaban J connectivity index is 1.67. The smallest absolute Gasteiger partial charge is 0.251 e. The van der Waals surface area contributed by atoms with E-state index in [-0.39, 0.29) is 5.91 Å². The minimum absolute atomic E-state index is 0.143. The summed E-state index contributed by atoms with van der Waals surface area (Å²) in [6.45, 7) is 0.458. The second-order valence-electron chi connectivity index (χ2n) is 4.56. The van der Waals surface area contributed by atoms with Crippen molar-refractivity contribution in [1.29, 1.82) is 0 Å². The molecule has 0 saturated carbocycles. The fraction of sp³-hybridized carbons (Fsp3) is 0.133. The average Bonchev–Trinajstić information content (AvgIpc) is 3.00. The molecule has 0 atom stereocenters. The normalized spacial score (nSPS) is 10.5. The van der Waals surface area contributed by atoms with Crippen molar-refractivity contribution in [3.05, 3.63) is 53.6 Å². The van der Waals surface area contributed by atoms with E-state index in [4.69, 9.17) is 4.74 Å². The number of carbonyl (C=O) groups excluding carboxylic acids is 1. The number of aromatic nitrogens is 3. The summed E-state index contributed by atoms with van der Waals surface area (Å²) in [7, 11) is 1.62. The standard InChI is InChI=1S/C15H14N4O2/c1-21-12-5-2-10(3-6-12)9-16-15(20)11-4-7-13-14(8-11)18-19-17-13/h2-8H,9H2,1H3,(H,16,20)(H,17,18,19). The number of fused-ring (bicyclic) bond motifs is 1. The molecule has 2 N–H and O–H groups in total. The highest BCUT2D eigenvalue weighted by molar-refractivity contribution is 5.97. The highest BCUT2D eigenvalue weighted by Gasteiger charge is 2.07. The molecule has 0 saturated heterocycles. The van der Waals surface area contributed by atoms with E-state index in [2.05, 4.69) is 20.7 Å². The van der Waals surface area contributed by atoms with Gasteiger partial charge in [0.15, 0.2) is 0 Å². The van der Waals surface area contributed by atoms with Gasteiger partial charge in [0.25, 0.3) is 5.91 Å². The molecule has 21 heavy (non-hydrogen) atoms. The Bertz CT molecular complexity index is 765. The molecule has 3 rings (SSSR count). The maximum Gasteiger partial charge on any atom is 0.251 e. The summed E-state index contributed by atoms with van der Waals surface area (Å²) in [5, 5.41) is 13.3. The van der Waals surface area contributed by atoms with Gasteiger partial charge >= 0.3 is 0 Å². The Morgan fingerprint density at radius 1 is 1.14 bits per heavy atom. The Morgan fingerprint density at radius 3 is 2.67 bits per heavy atom. The van der Waals surface area contributed by atoms with Crippen LogP contribution in [-0.2, 0) is 6.54 Å². The highest BCUT2D eigenvalue weighted by Crippen LogP contribution is 2.12. The number of benzene rings is 2. The molecule has 0 unspecified atom stereocenters. The maximum absolute atomic E-state index is 12.1. The first-order valence-corrected chi connectivity index (χ1v) is 6.48. The molecule has 0 aliphatic carbocycles. The Hall–Kier alpha value is -2.89. The number of amides is 1. The molecular weight excluding hydrogens is 268 g/mol. The monoisotopic (exact) mass is 282 g/mol. The fourth-order valence-corrected chi connectivity index (χ4v) is 2.01. The molecule has 106 valence electrons. The van der Waals surface area contributed by atoms with Gasteiger partial charge in [0.05, 0.1) is 7.11 Å².